The fraction of sp³-hybridized carbons (Fsp3) is 0.118. The highest BCUT2D eigenvalue weighted by Crippen LogP contribution is 2.21. The van der Waals surface area contributed by atoms with Crippen LogP contribution in [0.4, 0.5) is 0 Å². The molecular formula is C17H15N2O. The van der Waals surface area contributed by atoms with Crippen molar-refractivity contribution < 1.29 is 4.74 Å². The van der Waals surface area contributed by atoms with E-state index in [0.717, 1.165) is 12.3 Å². The van der Waals surface area contributed by atoms with Crippen molar-refractivity contribution in [3.05, 3.63) is 73.3 Å². The van der Waals surface area contributed by atoms with Gasteiger partial charge in [-0.2, -0.15) is 0 Å². The summed E-state index contributed by atoms with van der Waals surface area (Å²) >= 11 is 0. The van der Waals surface area contributed by atoms with E-state index in [9.17, 15) is 0 Å². The van der Waals surface area contributed by atoms with E-state index in [2.05, 4.69) is 35.3 Å². The van der Waals surface area contributed by atoms with Gasteiger partial charge in [-0.25, -0.2) is 4.98 Å². The minimum atomic E-state index is 0.635. The van der Waals surface area contributed by atoms with Gasteiger partial charge in [0.15, 0.2) is 0 Å². The number of benzene rings is 2. The van der Waals surface area contributed by atoms with Crippen molar-refractivity contribution in [1.29, 1.82) is 0 Å². The predicted molar refractivity (Wildman–Crippen MR) is 78.4 cm³/mol. The third-order valence-electron chi connectivity index (χ3n) is 3.08. The van der Waals surface area contributed by atoms with Crippen molar-refractivity contribution in [1.82, 2.24) is 9.55 Å². The summed E-state index contributed by atoms with van der Waals surface area (Å²) in [5, 5.41) is 0. The number of hydrogen-bond acceptors (Lipinski definition) is 2. The van der Waals surface area contributed by atoms with Crippen LogP contribution >= 0.6 is 0 Å². The molecule has 0 aliphatic carbocycles. The Balaban J connectivity index is 1.59. The van der Waals surface area contributed by atoms with Crippen molar-refractivity contribution in [2.24, 2.45) is 0 Å². The molecule has 0 unspecified atom stereocenters. The molecular weight excluding hydrogens is 248 g/mol. The molecule has 0 aliphatic rings. The lowest BCUT2D eigenvalue weighted by Gasteiger charge is -2.08. The maximum absolute atomic E-state index is 5.72. The molecule has 2 aromatic carbocycles. The van der Waals surface area contributed by atoms with Crippen LogP contribution in [0.1, 0.15) is 0 Å². The second-order valence-electron chi connectivity index (χ2n) is 4.46. The number of ether oxygens (including phenoxy) is 1. The maximum atomic E-state index is 5.72. The summed E-state index contributed by atoms with van der Waals surface area (Å²) in [6, 6.07) is 19.1. The lowest BCUT2D eigenvalue weighted by atomic mass is 10.1. The third-order valence-corrected chi connectivity index (χ3v) is 3.08. The lowest BCUT2D eigenvalue weighted by molar-refractivity contribution is 0.298. The number of nitrogens with zero attached hydrogens (tertiary/aromatic N) is 2. The Bertz CT molecular complexity index is 631. The molecule has 20 heavy (non-hydrogen) atoms. The van der Waals surface area contributed by atoms with Gasteiger partial charge >= 0.3 is 0 Å². The average Bonchev–Trinajstić information content (AvgIpc) is 3.02. The van der Waals surface area contributed by atoms with Crippen LogP contribution in [0.2, 0.25) is 0 Å². The number of imidazole rings is 1. The van der Waals surface area contributed by atoms with Crippen LogP contribution in [0.5, 0.6) is 5.75 Å². The van der Waals surface area contributed by atoms with Crippen LogP contribution in [0.3, 0.4) is 0 Å². The topological polar surface area (TPSA) is 27.1 Å². The summed E-state index contributed by atoms with van der Waals surface area (Å²) < 4.78 is 7.71. The van der Waals surface area contributed by atoms with Crippen molar-refractivity contribution in [2.75, 3.05) is 6.61 Å². The summed E-state index contributed by atoms with van der Waals surface area (Å²) in [4.78, 5) is 4.00. The molecule has 3 rings (SSSR count). The second kappa shape index (κ2) is 6.06. The average molecular weight is 263 g/mol. The van der Waals surface area contributed by atoms with E-state index < -0.39 is 0 Å². The van der Waals surface area contributed by atoms with Gasteiger partial charge in [0.1, 0.15) is 12.4 Å². The van der Waals surface area contributed by atoms with Crippen molar-refractivity contribution in [2.45, 2.75) is 6.54 Å². The number of rotatable bonds is 5. The largest absolute Gasteiger partial charge is 0.492 e. The normalized spacial score (nSPS) is 10.4. The first-order valence-electron chi connectivity index (χ1n) is 6.57. The first kappa shape index (κ1) is 12.5. The van der Waals surface area contributed by atoms with Crippen molar-refractivity contribution in [3.8, 4) is 16.9 Å². The highest BCUT2D eigenvalue weighted by atomic mass is 16.5. The molecule has 0 saturated carbocycles. The third kappa shape index (κ3) is 3.06. The van der Waals surface area contributed by atoms with Gasteiger partial charge in [-0.15, -0.1) is 0 Å². The summed E-state index contributed by atoms with van der Waals surface area (Å²) in [7, 11) is 0. The van der Waals surface area contributed by atoms with E-state index >= 15 is 0 Å². The molecule has 99 valence electrons. The van der Waals surface area contributed by atoms with Gasteiger partial charge in [0.05, 0.1) is 12.9 Å². The molecule has 0 spiro atoms. The standard InChI is InChI=1S/C17H15N2O/c1-2-4-15(5-3-1)16-6-8-17(9-7-16)20-13-12-19-11-10-18-14-19/h2-11,14H,12-13H2. The lowest BCUT2D eigenvalue weighted by Crippen LogP contribution is -2.06. The van der Waals surface area contributed by atoms with E-state index in [-0.39, 0.29) is 0 Å². The molecule has 1 aromatic heterocycles. The zero-order valence-electron chi connectivity index (χ0n) is 11.1. The SMILES string of the molecule is [c]1ccc(-c2ccc(OCCn3ccnc3)cc2)cc1. The second-order valence-corrected chi connectivity index (χ2v) is 4.46. The summed E-state index contributed by atoms with van der Waals surface area (Å²) in [5.41, 5.74) is 2.37. The molecule has 0 bridgehead atoms. The summed E-state index contributed by atoms with van der Waals surface area (Å²) in [6.07, 6.45) is 5.49. The number of hydrogen-bond donors (Lipinski definition) is 0. The first-order valence-corrected chi connectivity index (χ1v) is 6.57. The summed E-state index contributed by atoms with van der Waals surface area (Å²) in [6.45, 7) is 1.44. The predicted octanol–water partition coefficient (Wildman–Crippen LogP) is 3.43. The Morgan fingerprint density at radius 3 is 2.45 bits per heavy atom. The van der Waals surface area contributed by atoms with Crippen LogP contribution in [-0.2, 0) is 6.54 Å². The molecule has 0 atom stereocenters. The molecule has 3 heteroatoms. The van der Waals surface area contributed by atoms with Crippen LogP contribution < -0.4 is 4.74 Å². The van der Waals surface area contributed by atoms with E-state index in [1.165, 1.54) is 11.1 Å². The molecule has 0 amide bonds. The van der Waals surface area contributed by atoms with Gasteiger partial charge in [0.25, 0.3) is 0 Å². The minimum Gasteiger partial charge on any atom is -0.492 e. The minimum absolute atomic E-state index is 0.635. The van der Waals surface area contributed by atoms with Crippen LogP contribution in [0.25, 0.3) is 11.1 Å². The van der Waals surface area contributed by atoms with Gasteiger partial charge in [0, 0.05) is 12.4 Å². The van der Waals surface area contributed by atoms with Gasteiger partial charge in [-0.05, 0) is 29.3 Å². The smallest absolute Gasteiger partial charge is 0.119 e. The quantitative estimate of drug-likeness (QED) is 0.705. The van der Waals surface area contributed by atoms with Crippen LogP contribution in [-0.4, -0.2) is 16.2 Å². The Labute approximate surface area is 118 Å². The fourth-order valence-electron chi connectivity index (χ4n) is 2.01. The Morgan fingerprint density at radius 2 is 1.75 bits per heavy atom. The van der Waals surface area contributed by atoms with Gasteiger partial charge in [-0.1, -0.05) is 36.4 Å². The van der Waals surface area contributed by atoms with E-state index in [1.54, 1.807) is 12.5 Å². The molecule has 3 nitrogen and oxygen atoms in total. The molecule has 1 heterocycles. The molecule has 1 radical (unpaired) electrons. The Morgan fingerprint density at radius 1 is 1.00 bits per heavy atom. The molecule has 3 aromatic rings. The Hall–Kier alpha value is -2.55. The molecule has 0 N–H and O–H groups in total. The number of aromatic nitrogens is 2. The van der Waals surface area contributed by atoms with Crippen molar-refractivity contribution >= 4 is 0 Å². The zero-order chi connectivity index (χ0) is 13.6. The zero-order valence-corrected chi connectivity index (χ0v) is 11.1. The van der Waals surface area contributed by atoms with E-state index in [1.807, 2.05) is 35.0 Å². The van der Waals surface area contributed by atoms with Gasteiger partial charge in [-0.3, -0.25) is 0 Å². The maximum Gasteiger partial charge on any atom is 0.119 e. The van der Waals surface area contributed by atoms with Gasteiger partial charge in [0.2, 0.25) is 0 Å². The monoisotopic (exact) mass is 263 g/mol. The van der Waals surface area contributed by atoms with E-state index in [0.29, 0.717) is 6.61 Å². The fourth-order valence-corrected chi connectivity index (χ4v) is 2.01. The highest BCUT2D eigenvalue weighted by molar-refractivity contribution is 5.63. The molecule has 0 fully saturated rings. The van der Waals surface area contributed by atoms with Crippen LogP contribution in [0.15, 0.2) is 67.3 Å². The summed E-state index contributed by atoms with van der Waals surface area (Å²) in [5.74, 6) is 0.886. The molecule has 0 saturated heterocycles. The van der Waals surface area contributed by atoms with Crippen molar-refractivity contribution in [3.63, 3.8) is 0 Å². The van der Waals surface area contributed by atoms with Crippen LogP contribution in [0, 0.1) is 6.07 Å². The first-order chi connectivity index (χ1) is 9.92. The van der Waals surface area contributed by atoms with Gasteiger partial charge < -0.3 is 9.30 Å². The molecule has 0 aliphatic heterocycles. The Kier molecular flexibility index (Phi) is 3.78. The highest BCUT2D eigenvalue weighted by Gasteiger charge is 1.98. The van der Waals surface area contributed by atoms with E-state index in [4.69, 9.17) is 4.74 Å².